The Balaban J connectivity index is 1.84. The van der Waals surface area contributed by atoms with E-state index >= 15 is 0 Å². The summed E-state index contributed by atoms with van der Waals surface area (Å²) < 4.78 is 11.3. The van der Waals surface area contributed by atoms with Crippen molar-refractivity contribution in [2.24, 2.45) is 0 Å². The predicted octanol–water partition coefficient (Wildman–Crippen LogP) is 4.99. The Morgan fingerprint density at radius 3 is 2.60 bits per heavy atom. The van der Waals surface area contributed by atoms with Gasteiger partial charge in [0.25, 0.3) is 0 Å². The molecule has 0 bridgehead atoms. The van der Waals surface area contributed by atoms with Crippen molar-refractivity contribution in [2.45, 2.75) is 45.8 Å². The maximum absolute atomic E-state index is 5.85. The lowest BCUT2D eigenvalue weighted by Crippen LogP contribution is -2.14. The maximum Gasteiger partial charge on any atom is 0.161 e. The maximum atomic E-state index is 5.85. The highest BCUT2D eigenvalue weighted by Gasteiger charge is 2.06. The molecule has 0 aliphatic rings. The summed E-state index contributed by atoms with van der Waals surface area (Å²) in [5.74, 6) is 1.47. The number of pyridine rings is 1. The molecule has 1 aromatic heterocycles. The average Bonchev–Trinajstić information content (AvgIpc) is 2.64. The second-order valence-electron chi connectivity index (χ2n) is 6.00. The van der Waals surface area contributed by atoms with E-state index in [0.717, 1.165) is 30.2 Å². The summed E-state index contributed by atoms with van der Waals surface area (Å²) in [5, 5.41) is 3.96. The van der Waals surface area contributed by atoms with Gasteiger partial charge >= 0.3 is 0 Å². The summed E-state index contributed by atoms with van der Waals surface area (Å²) >= 11 is 5.79. The third kappa shape index (κ3) is 6.92. The fourth-order valence-electron chi connectivity index (χ4n) is 2.50. The number of ether oxygens (including phenoxy) is 2. The molecule has 2 aromatic rings. The molecule has 25 heavy (non-hydrogen) atoms. The normalized spacial score (nSPS) is 10.7. The molecular weight excluding hydrogens is 336 g/mol. The lowest BCUT2D eigenvalue weighted by atomic mass is 10.2. The van der Waals surface area contributed by atoms with Crippen molar-refractivity contribution in [1.82, 2.24) is 10.3 Å². The van der Waals surface area contributed by atoms with Gasteiger partial charge in [0.1, 0.15) is 11.8 Å². The zero-order valence-electron chi connectivity index (χ0n) is 15.1. The van der Waals surface area contributed by atoms with Crippen molar-refractivity contribution in [3.8, 4) is 11.5 Å². The number of nitrogens with zero attached hydrogens (tertiary/aromatic N) is 1. The number of hydrogen-bond acceptors (Lipinski definition) is 4. The average molecular weight is 363 g/mol. The molecule has 0 atom stereocenters. The van der Waals surface area contributed by atoms with E-state index in [1.807, 2.05) is 18.2 Å². The first-order valence-corrected chi connectivity index (χ1v) is 9.21. The summed E-state index contributed by atoms with van der Waals surface area (Å²) in [4.78, 5) is 4.05. The monoisotopic (exact) mass is 362 g/mol. The number of nitrogens with one attached hydrogen (secondary N) is 1. The zero-order valence-corrected chi connectivity index (χ0v) is 15.8. The van der Waals surface area contributed by atoms with E-state index in [1.165, 1.54) is 31.2 Å². The Hall–Kier alpha value is -1.78. The van der Waals surface area contributed by atoms with Gasteiger partial charge in [-0.3, -0.25) is 0 Å². The number of benzene rings is 1. The molecule has 0 radical (unpaired) electrons. The summed E-state index contributed by atoms with van der Waals surface area (Å²) in [6.07, 6.45) is 6.81. The molecule has 0 amide bonds. The van der Waals surface area contributed by atoms with Crippen molar-refractivity contribution in [3.63, 3.8) is 0 Å². The first kappa shape index (κ1) is 19.5. The van der Waals surface area contributed by atoms with Crippen molar-refractivity contribution >= 4 is 11.6 Å². The van der Waals surface area contributed by atoms with E-state index < -0.39 is 0 Å². The fraction of sp³-hybridized carbons (Fsp3) is 0.450. The molecule has 5 heteroatoms. The van der Waals surface area contributed by atoms with E-state index in [4.69, 9.17) is 21.1 Å². The van der Waals surface area contributed by atoms with Gasteiger partial charge < -0.3 is 14.8 Å². The van der Waals surface area contributed by atoms with E-state index in [2.05, 4.69) is 23.3 Å². The van der Waals surface area contributed by atoms with Gasteiger partial charge in [-0.1, -0.05) is 49.9 Å². The van der Waals surface area contributed by atoms with Crippen LogP contribution in [0.25, 0.3) is 0 Å². The van der Waals surface area contributed by atoms with Crippen LogP contribution in [-0.4, -0.2) is 18.6 Å². The Kier molecular flexibility index (Phi) is 8.56. The quantitative estimate of drug-likeness (QED) is 0.451. The van der Waals surface area contributed by atoms with Gasteiger partial charge in [0.2, 0.25) is 0 Å². The highest BCUT2D eigenvalue weighted by Crippen LogP contribution is 2.28. The van der Waals surface area contributed by atoms with Gasteiger partial charge in [-0.05, 0) is 36.7 Å². The Labute approximate surface area is 155 Å². The van der Waals surface area contributed by atoms with Crippen LogP contribution >= 0.6 is 11.6 Å². The molecule has 0 aliphatic carbocycles. The molecule has 0 spiro atoms. The van der Waals surface area contributed by atoms with Crippen LogP contribution in [0.2, 0.25) is 5.15 Å². The number of rotatable bonds is 11. The lowest BCUT2D eigenvalue weighted by molar-refractivity contribution is 0.284. The molecule has 136 valence electrons. The van der Waals surface area contributed by atoms with Crippen LogP contribution in [0.1, 0.15) is 43.7 Å². The SMILES string of the molecule is CCCCCCNCc1ccc(OCc2ccc(Cl)nc2)c(OC)c1. The van der Waals surface area contributed by atoms with Gasteiger partial charge in [-0.25, -0.2) is 4.98 Å². The lowest BCUT2D eigenvalue weighted by Gasteiger charge is -2.13. The third-order valence-corrected chi connectivity index (χ3v) is 4.17. The molecule has 1 aromatic carbocycles. The van der Waals surface area contributed by atoms with Crippen molar-refractivity contribution < 1.29 is 9.47 Å². The smallest absolute Gasteiger partial charge is 0.161 e. The number of aromatic nitrogens is 1. The fourth-order valence-corrected chi connectivity index (χ4v) is 2.62. The summed E-state index contributed by atoms with van der Waals surface area (Å²) in [7, 11) is 1.66. The van der Waals surface area contributed by atoms with Crippen LogP contribution in [0.4, 0.5) is 0 Å². The van der Waals surface area contributed by atoms with Gasteiger partial charge in [-0.15, -0.1) is 0 Å². The molecule has 1 heterocycles. The Morgan fingerprint density at radius 1 is 1.04 bits per heavy atom. The number of hydrogen-bond donors (Lipinski definition) is 1. The van der Waals surface area contributed by atoms with Gasteiger partial charge in [0.05, 0.1) is 7.11 Å². The Bertz CT molecular complexity index is 632. The summed E-state index contributed by atoms with van der Waals surface area (Å²) in [6.45, 7) is 4.54. The Morgan fingerprint density at radius 2 is 1.88 bits per heavy atom. The second-order valence-corrected chi connectivity index (χ2v) is 6.39. The highest BCUT2D eigenvalue weighted by atomic mass is 35.5. The van der Waals surface area contributed by atoms with E-state index in [1.54, 1.807) is 19.4 Å². The van der Waals surface area contributed by atoms with Crippen LogP contribution in [0.3, 0.4) is 0 Å². The van der Waals surface area contributed by atoms with E-state index in [9.17, 15) is 0 Å². The molecular formula is C20H27ClN2O2. The summed E-state index contributed by atoms with van der Waals surface area (Å²) in [5.41, 5.74) is 2.15. The van der Waals surface area contributed by atoms with Crippen LogP contribution in [-0.2, 0) is 13.2 Å². The topological polar surface area (TPSA) is 43.4 Å². The molecule has 0 unspecified atom stereocenters. The molecule has 4 nitrogen and oxygen atoms in total. The van der Waals surface area contributed by atoms with Gasteiger partial charge in [0, 0.05) is 18.3 Å². The standard InChI is InChI=1S/C20H27ClN2O2/c1-3-4-5-6-11-22-13-16-7-9-18(19(12-16)24-2)25-15-17-8-10-20(21)23-14-17/h7-10,12,14,22H,3-6,11,13,15H2,1-2H3. The molecule has 1 N–H and O–H groups in total. The summed E-state index contributed by atoms with van der Waals surface area (Å²) in [6, 6.07) is 9.70. The van der Waals surface area contributed by atoms with Crippen LogP contribution in [0, 0.1) is 0 Å². The van der Waals surface area contributed by atoms with Crippen LogP contribution in [0.5, 0.6) is 11.5 Å². The highest BCUT2D eigenvalue weighted by molar-refractivity contribution is 6.29. The van der Waals surface area contributed by atoms with Gasteiger partial charge in [0.15, 0.2) is 11.5 Å². The predicted molar refractivity (Wildman–Crippen MR) is 102 cm³/mol. The van der Waals surface area contributed by atoms with E-state index in [0.29, 0.717) is 11.8 Å². The molecule has 0 aliphatic heterocycles. The first-order valence-electron chi connectivity index (χ1n) is 8.83. The van der Waals surface area contributed by atoms with Crippen LogP contribution < -0.4 is 14.8 Å². The number of unbranched alkanes of at least 4 members (excludes halogenated alkanes) is 3. The number of methoxy groups -OCH3 is 1. The van der Waals surface area contributed by atoms with E-state index in [-0.39, 0.29) is 0 Å². The first-order chi connectivity index (χ1) is 12.2. The second kappa shape index (κ2) is 11.0. The van der Waals surface area contributed by atoms with Crippen LogP contribution in [0.15, 0.2) is 36.5 Å². The molecule has 0 saturated heterocycles. The molecule has 0 saturated carbocycles. The largest absolute Gasteiger partial charge is 0.493 e. The van der Waals surface area contributed by atoms with Gasteiger partial charge in [-0.2, -0.15) is 0 Å². The number of halogens is 1. The zero-order chi connectivity index (χ0) is 17.9. The van der Waals surface area contributed by atoms with Crippen molar-refractivity contribution in [2.75, 3.05) is 13.7 Å². The molecule has 0 fully saturated rings. The van der Waals surface area contributed by atoms with Crippen molar-refractivity contribution in [3.05, 3.63) is 52.8 Å². The minimum Gasteiger partial charge on any atom is -0.493 e. The molecule has 2 rings (SSSR count). The minimum absolute atomic E-state index is 0.426. The third-order valence-electron chi connectivity index (χ3n) is 3.95. The van der Waals surface area contributed by atoms with Crippen molar-refractivity contribution in [1.29, 1.82) is 0 Å². The minimum atomic E-state index is 0.426.